The van der Waals surface area contributed by atoms with Gasteiger partial charge in [-0.15, -0.1) is 0 Å². The summed E-state index contributed by atoms with van der Waals surface area (Å²) in [5.74, 6) is 0.500. The Balaban J connectivity index is 1.94. The fourth-order valence-corrected chi connectivity index (χ4v) is 2.17. The fraction of sp³-hybridized carbons (Fsp3) is 0.462. The maximum absolute atomic E-state index is 13.1. The SMILES string of the molecule is Cc1cc(OCC2(CC(N)=S)CC2)ccc1F. The topological polar surface area (TPSA) is 35.2 Å². The minimum absolute atomic E-state index is 0.133. The summed E-state index contributed by atoms with van der Waals surface area (Å²) in [4.78, 5) is 0.543. The zero-order valence-electron chi connectivity index (χ0n) is 9.83. The number of rotatable bonds is 5. The first-order chi connectivity index (χ1) is 8.01. The van der Waals surface area contributed by atoms with Crippen molar-refractivity contribution in [1.82, 2.24) is 0 Å². The van der Waals surface area contributed by atoms with Gasteiger partial charge in [0.1, 0.15) is 11.6 Å². The molecule has 2 rings (SSSR count). The van der Waals surface area contributed by atoms with E-state index in [4.69, 9.17) is 22.7 Å². The third-order valence-electron chi connectivity index (χ3n) is 3.18. The molecule has 0 unspecified atom stereocenters. The summed E-state index contributed by atoms with van der Waals surface area (Å²) >= 11 is 4.93. The van der Waals surface area contributed by atoms with Crippen molar-refractivity contribution in [1.29, 1.82) is 0 Å². The van der Waals surface area contributed by atoms with E-state index in [1.54, 1.807) is 19.1 Å². The molecule has 1 saturated carbocycles. The number of aryl methyl sites for hydroxylation is 1. The van der Waals surface area contributed by atoms with E-state index in [1.165, 1.54) is 6.07 Å². The smallest absolute Gasteiger partial charge is 0.126 e. The Morgan fingerprint density at radius 3 is 2.76 bits per heavy atom. The first kappa shape index (κ1) is 12.3. The highest BCUT2D eigenvalue weighted by Crippen LogP contribution is 2.49. The molecule has 0 spiro atoms. The molecule has 17 heavy (non-hydrogen) atoms. The van der Waals surface area contributed by atoms with Crippen molar-refractivity contribution in [3.63, 3.8) is 0 Å². The Morgan fingerprint density at radius 1 is 1.53 bits per heavy atom. The molecule has 0 radical (unpaired) electrons. The molecule has 1 aromatic rings. The molecule has 92 valence electrons. The van der Waals surface area contributed by atoms with E-state index in [2.05, 4.69) is 0 Å². The van der Waals surface area contributed by atoms with Gasteiger partial charge in [0.25, 0.3) is 0 Å². The van der Waals surface area contributed by atoms with Gasteiger partial charge in [-0.3, -0.25) is 0 Å². The van der Waals surface area contributed by atoms with E-state index in [0.717, 1.165) is 19.3 Å². The van der Waals surface area contributed by atoms with Crippen LogP contribution in [0.4, 0.5) is 4.39 Å². The van der Waals surface area contributed by atoms with E-state index in [0.29, 0.717) is 22.9 Å². The highest BCUT2D eigenvalue weighted by atomic mass is 32.1. The largest absolute Gasteiger partial charge is 0.493 e. The van der Waals surface area contributed by atoms with Crippen molar-refractivity contribution in [3.05, 3.63) is 29.6 Å². The van der Waals surface area contributed by atoms with Gasteiger partial charge in [-0.1, -0.05) is 12.2 Å². The second kappa shape index (κ2) is 4.61. The van der Waals surface area contributed by atoms with E-state index >= 15 is 0 Å². The standard InChI is InChI=1S/C13H16FNOS/c1-9-6-10(2-3-11(9)14)16-8-13(4-5-13)7-12(15)17/h2-3,6H,4-5,7-8H2,1H3,(H2,15,17). The normalized spacial score (nSPS) is 16.6. The van der Waals surface area contributed by atoms with Crippen LogP contribution in [0.5, 0.6) is 5.75 Å². The van der Waals surface area contributed by atoms with Crippen LogP contribution < -0.4 is 10.5 Å². The number of halogens is 1. The molecule has 0 bridgehead atoms. The van der Waals surface area contributed by atoms with Gasteiger partial charge < -0.3 is 10.5 Å². The summed E-state index contributed by atoms with van der Waals surface area (Å²) in [6, 6.07) is 4.79. The molecule has 1 aliphatic rings. The number of nitrogens with two attached hydrogens (primary N) is 1. The van der Waals surface area contributed by atoms with Crippen LogP contribution in [0.25, 0.3) is 0 Å². The van der Waals surface area contributed by atoms with Gasteiger partial charge in [0.2, 0.25) is 0 Å². The Labute approximate surface area is 106 Å². The summed E-state index contributed by atoms with van der Waals surface area (Å²) < 4.78 is 18.8. The minimum atomic E-state index is -0.207. The van der Waals surface area contributed by atoms with Crippen molar-refractivity contribution >= 4 is 17.2 Å². The summed E-state index contributed by atoms with van der Waals surface area (Å²) in [6.07, 6.45) is 2.94. The average molecular weight is 253 g/mol. The van der Waals surface area contributed by atoms with Crippen molar-refractivity contribution in [2.75, 3.05) is 6.61 Å². The van der Waals surface area contributed by atoms with E-state index in [-0.39, 0.29) is 11.2 Å². The molecule has 0 aromatic heterocycles. The van der Waals surface area contributed by atoms with Gasteiger partial charge in [0, 0.05) is 11.8 Å². The van der Waals surface area contributed by atoms with E-state index in [1.807, 2.05) is 0 Å². The number of thiocarbonyl (C=S) groups is 1. The van der Waals surface area contributed by atoms with Crippen LogP contribution in [-0.4, -0.2) is 11.6 Å². The molecule has 0 aliphatic heterocycles. The molecule has 0 amide bonds. The molecule has 0 heterocycles. The number of ether oxygens (including phenoxy) is 1. The Kier molecular flexibility index (Phi) is 3.33. The number of hydrogen-bond donors (Lipinski definition) is 1. The number of benzene rings is 1. The van der Waals surface area contributed by atoms with Crippen LogP contribution in [0.15, 0.2) is 18.2 Å². The molecule has 4 heteroatoms. The Hall–Kier alpha value is -1.16. The van der Waals surface area contributed by atoms with Crippen molar-refractivity contribution in [2.24, 2.45) is 11.1 Å². The lowest BCUT2D eigenvalue weighted by molar-refractivity contribution is 0.238. The summed E-state index contributed by atoms with van der Waals surface area (Å²) in [5.41, 5.74) is 6.29. The zero-order valence-corrected chi connectivity index (χ0v) is 10.6. The van der Waals surface area contributed by atoms with Crippen LogP contribution in [0.1, 0.15) is 24.8 Å². The van der Waals surface area contributed by atoms with Gasteiger partial charge in [0.05, 0.1) is 11.6 Å². The lowest BCUT2D eigenvalue weighted by Crippen LogP contribution is -2.21. The first-order valence-electron chi connectivity index (χ1n) is 5.68. The van der Waals surface area contributed by atoms with E-state index < -0.39 is 0 Å². The molecule has 0 atom stereocenters. The highest BCUT2D eigenvalue weighted by molar-refractivity contribution is 7.80. The lowest BCUT2D eigenvalue weighted by Gasteiger charge is -2.15. The number of hydrogen-bond acceptors (Lipinski definition) is 2. The van der Waals surface area contributed by atoms with Gasteiger partial charge in [-0.2, -0.15) is 0 Å². The quantitative estimate of drug-likeness (QED) is 0.819. The summed E-state index contributed by atoms with van der Waals surface area (Å²) in [7, 11) is 0. The monoisotopic (exact) mass is 253 g/mol. The maximum atomic E-state index is 13.1. The predicted molar refractivity (Wildman–Crippen MR) is 69.7 cm³/mol. The lowest BCUT2D eigenvalue weighted by atomic mass is 10.0. The summed E-state index contributed by atoms with van der Waals surface area (Å²) in [5, 5.41) is 0. The Bertz CT molecular complexity index is 443. The molecular weight excluding hydrogens is 237 g/mol. The molecular formula is C13H16FNOS. The van der Waals surface area contributed by atoms with Crippen molar-refractivity contribution in [2.45, 2.75) is 26.2 Å². The van der Waals surface area contributed by atoms with Crippen LogP contribution in [-0.2, 0) is 0 Å². The van der Waals surface area contributed by atoms with Gasteiger partial charge in [0.15, 0.2) is 0 Å². The molecule has 0 saturated heterocycles. The van der Waals surface area contributed by atoms with Gasteiger partial charge in [-0.05, 0) is 43.5 Å². The zero-order chi connectivity index (χ0) is 12.5. The molecule has 2 N–H and O–H groups in total. The van der Waals surface area contributed by atoms with Crippen LogP contribution in [0, 0.1) is 18.2 Å². The van der Waals surface area contributed by atoms with Gasteiger partial charge in [-0.25, -0.2) is 4.39 Å². The van der Waals surface area contributed by atoms with Crippen LogP contribution in [0.2, 0.25) is 0 Å². The minimum Gasteiger partial charge on any atom is -0.493 e. The fourth-order valence-electron chi connectivity index (χ4n) is 1.86. The van der Waals surface area contributed by atoms with Crippen LogP contribution >= 0.6 is 12.2 Å². The van der Waals surface area contributed by atoms with Gasteiger partial charge >= 0.3 is 0 Å². The second-order valence-corrected chi connectivity index (χ2v) is 5.37. The second-order valence-electron chi connectivity index (χ2n) is 4.84. The molecule has 1 fully saturated rings. The van der Waals surface area contributed by atoms with E-state index in [9.17, 15) is 4.39 Å². The van der Waals surface area contributed by atoms with Crippen molar-refractivity contribution in [3.8, 4) is 5.75 Å². The highest BCUT2D eigenvalue weighted by Gasteiger charge is 2.43. The molecule has 1 aromatic carbocycles. The van der Waals surface area contributed by atoms with Crippen molar-refractivity contribution < 1.29 is 9.13 Å². The Morgan fingerprint density at radius 2 is 2.24 bits per heavy atom. The molecule has 1 aliphatic carbocycles. The summed E-state index contributed by atoms with van der Waals surface area (Å²) in [6.45, 7) is 2.33. The molecule has 2 nitrogen and oxygen atoms in total. The average Bonchev–Trinajstić information content (AvgIpc) is 2.99. The maximum Gasteiger partial charge on any atom is 0.126 e. The third-order valence-corrected chi connectivity index (χ3v) is 3.33. The third kappa shape index (κ3) is 3.16. The van der Waals surface area contributed by atoms with Crippen LogP contribution in [0.3, 0.4) is 0 Å². The predicted octanol–water partition coefficient (Wildman–Crippen LogP) is 2.97. The first-order valence-corrected chi connectivity index (χ1v) is 6.09.